The van der Waals surface area contributed by atoms with E-state index in [4.69, 9.17) is 30.5 Å². The number of nitrogens with one attached hydrogen (secondary N) is 1. The largest absolute Gasteiger partial charge is 0.426 e. The minimum atomic E-state index is -1.69. The van der Waals surface area contributed by atoms with Crippen LogP contribution in [0, 0.1) is 10.6 Å². The van der Waals surface area contributed by atoms with E-state index in [1.54, 1.807) is 10.8 Å². The van der Waals surface area contributed by atoms with Gasteiger partial charge in [0.2, 0.25) is 0 Å². The Morgan fingerprint density at radius 3 is 2.44 bits per heavy atom. The van der Waals surface area contributed by atoms with Crippen LogP contribution in [0.15, 0.2) is 23.1 Å². The molecule has 3 heterocycles. The van der Waals surface area contributed by atoms with E-state index in [2.05, 4.69) is 25.8 Å². The van der Waals surface area contributed by atoms with Gasteiger partial charge in [0, 0.05) is 17.8 Å². The monoisotopic (exact) mass is 540 g/mol. The van der Waals surface area contributed by atoms with Crippen molar-refractivity contribution >= 4 is 20.8 Å². The lowest BCUT2D eigenvalue weighted by molar-refractivity contribution is -0.0221. The molecule has 1 fully saturated rings. The molecule has 0 spiro atoms. The molecular weight excluding hydrogens is 502 g/mol. The molecule has 1 aromatic heterocycles. The number of halogens is 1. The second-order valence-electron chi connectivity index (χ2n) is 10.8. The third-order valence-electron chi connectivity index (χ3n) is 6.02. The van der Waals surface area contributed by atoms with Crippen molar-refractivity contribution in [2.75, 3.05) is 6.61 Å². The predicted molar refractivity (Wildman–Crippen MR) is 142 cm³/mol. The molecule has 4 rings (SSSR count). The topological polar surface area (TPSA) is 74.7 Å². The Balaban J connectivity index is 0.00000176. The van der Waals surface area contributed by atoms with Crippen molar-refractivity contribution in [1.29, 1.82) is 0 Å². The minimum absolute atomic E-state index is 0.0978. The number of benzene rings is 1. The zero-order valence-electron chi connectivity index (χ0n) is 22.4. The zero-order valence-corrected chi connectivity index (χ0v) is 24.1. The van der Waals surface area contributed by atoms with Crippen molar-refractivity contribution in [3.8, 4) is 5.75 Å². The first-order valence-electron chi connectivity index (χ1n) is 12.4. The lowest BCUT2D eigenvalue weighted by Gasteiger charge is -2.33. The number of aromatic amines is 1. The summed E-state index contributed by atoms with van der Waals surface area (Å²) in [5.74, 6) is 0.255. The van der Waals surface area contributed by atoms with E-state index in [-0.39, 0.29) is 47.8 Å². The highest BCUT2D eigenvalue weighted by Gasteiger charge is 2.36. The van der Waals surface area contributed by atoms with Crippen LogP contribution in [0.1, 0.15) is 91.1 Å². The maximum Gasteiger partial charge on any atom is 0.397 e. The molecule has 1 N–H and O–H groups in total. The number of fused-ring (bicyclic) bond motifs is 1. The SMILES string of the molecule is CC.CC(C)(C)c1cc(C(C)(C)C)c2c(c1F)COP(OCC1CCC(n3ccc(=O)[nH]c3=S)O1)O2. The van der Waals surface area contributed by atoms with Crippen LogP contribution < -0.4 is 10.1 Å². The first-order chi connectivity index (χ1) is 16.8. The molecule has 200 valence electrons. The first-order valence-corrected chi connectivity index (χ1v) is 13.9. The maximum absolute atomic E-state index is 15.4. The molecule has 1 aromatic carbocycles. The fourth-order valence-corrected chi connectivity index (χ4v) is 5.47. The van der Waals surface area contributed by atoms with Gasteiger partial charge in [-0.05, 0) is 47.5 Å². The van der Waals surface area contributed by atoms with E-state index in [1.165, 1.54) is 6.07 Å². The highest BCUT2D eigenvalue weighted by Crippen LogP contribution is 2.52. The van der Waals surface area contributed by atoms with Gasteiger partial charge in [0.1, 0.15) is 17.8 Å². The zero-order chi connectivity index (χ0) is 26.8. The van der Waals surface area contributed by atoms with Gasteiger partial charge in [-0.25, -0.2) is 4.39 Å². The van der Waals surface area contributed by atoms with Crippen LogP contribution in [-0.2, 0) is 31.2 Å². The van der Waals surface area contributed by atoms with Crippen molar-refractivity contribution in [3.63, 3.8) is 0 Å². The number of hydrogen-bond donors (Lipinski definition) is 1. The summed E-state index contributed by atoms with van der Waals surface area (Å²) in [7, 11) is -1.69. The molecule has 3 unspecified atom stereocenters. The van der Waals surface area contributed by atoms with E-state index < -0.39 is 8.60 Å². The summed E-state index contributed by atoms with van der Waals surface area (Å²) in [6, 6.07) is 3.34. The molecule has 3 atom stereocenters. The van der Waals surface area contributed by atoms with Crippen LogP contribution in [0.5, 0.6) is 5.75 Å². The number of nitrogens with zero attached hydrogens (tertiary/aromatic N) is 1. The molecule has 0 bridgehead atoms. The lowest BCUT2D eigenvalue weighted by atomic mass is 9.78. The average molecular weight is 541 g/mol. The summed E-state index contributed by atoms with van der Waals surface area (Å²) in [5, 5.41) is 0. The van der Waals surface area contributed by atoms with Crippen molar-refractivity contribution < 1.29 is 22.7 Å². The van der Waals surface area contributed by atoms with Crippen LogP contribution >= 0.6 is 20.8 Å². The molecule has 0 aliphatic carbocycles. The fourth-order valence-electron chi connectivity index (χ4n) is 4.13. The minimum Gasteiger partial charge on any atom is -0.426 e. The molecule has 2 aliphatic rings. The molecule has 2 aromatic rings. The second kappa shape index (κ2) is 11.4. The van der Waals surface area contributed by atoms with E-state index in [0.29, 0.717) is 21.6 Å². The lowest BCUT2D eigenvalue weighted by Crippen LogP contribution is -2.23. The summed E-state index contributed by atoms with van der Waals surface area (Å²) < 4.78 is 41.4. The van der Waals surface area contributed by atoms with Gasteiger partial charge < -0.3 is 9.26 Å². The van der Waals surface area contributed by atoms with Gasteiger partial charge in [-0.3, -0.25) is 23.4 Å². The second-order valence-corrected chi connectivity index (χ2v) is 12.3. The van der Waals surface area contributed by atoms with Crippen LogP contribution in [0.2, 0.25) is 0 Å². The van der Waals surface area contributed by atoms with Crippen LogP contribution in [0.25, 0.3) is 0 Å². The summed E-state index contributed by atoms with van der Waals surface area (Å²) in [5.41, 5.74) is 1.22. The van der Waals surface area contributed by atoms with Gasteiger partial charge >= 0.3 is 8.60 Å². The Morgan fingerprint density at radius 2 is 1.83 bits per heavy atom. The third-order valence-corrected chi connectivity index (χ3v) is 7.36. The van der Waals surface area contributed by atoms with Crippen molar-refractivity contribution in [3.05, 3.63) is 56.0 Å². The Labute approximate surface area is 219 Å². The number of H-pyrrole nitrogens is 1. The summed E-state index contributed by atoms with van der Waals surface area (Å²) in [6.07, 6.45) is 2.71. The maximum atomic E-state index is 15.4. The highest BCUT2D eigenvalue weighted by molar-refractivity contribution is 7.71. The van der Waals surface area contributed by atoms with Gasteiger partial charge in [-0.15, -0.1) is 0 Å². The molecule has 2 aliphatic heterocycles. The van der Waals surface area contributed by atoms with Crippen LogP contribution in [0.3, 0.4) is 0 Å². The van der Waals surface area contributed by atoms with Crippen LogP contribution in [-0.4, -0.2) is 22.3 Å². The van der Waals surface area contributed by atoms with Gasteiger partial charge in [0.25, 0.3) is 5.56 Å². The Hall–Kier alpha value is -1.64. The number of rotatable bonds is 4. The highest BCUT2D eigenvalue weighted by atomic mass is 32.1. The Bertz CT molecular complexity index is 1180. The van der Waals surface area contributed by atoms with Gasteiger partial charge in [0.05, 0.1) is 24.9 Å². The van der Waals surface area contributed by atoms with Crippen molar-refractivity contribution in [2.45, 2.75) is 98.0 Å². The Morgan fingerprint density at radius 1 is 1.17 bits per heavy atom. The number of ether oxygens (including phenoxy) is 1. The number of hydrogen-bond acceptors (Lipinski definition) is 6. The summed E-state index contributed by atoms with van der Waals surface area (Å²) >= 11 is 5.23. The Kier molecular flexibility index (Phi) is 9.16. The van der Waals surface area contributed by atoms with Crippen LogP contribution in [0.4, 0.5) is 4.39 Å². The molecule has 1 saturated heterocycles. The quantitative estimate of drug-likeness (QED) is 0.327. The number of aromatic nitrogens is 2. The van der Waals surface area contributed by atoms with Gasteiger partial charge in [-0.2, -0.15) is 0 Å². The van der Waals surface area contributed by atoms with E-state index in [0.717, 1.165) is 18.4 Å². The molecule has 0 radical (unpaired) electrons. The molecule has 36 heavy (non-hydrogen) atoms. The molecule has 7 nitrogen and oxygen atoms in total. The van der Waals surface area contributed by atoms with Gasteiger partial charge in [0.15, 0.2) is 4.77 Å². The van der Waals surface area contributed by atoms with E-state index >= 15 is 4.39 Å². The smallest absolute Gasteiger partial charge is 0.397 e. The standard InChI is InChI=1S/C24H32FN2O5PS.C2H6/c1-23(2,3)16-11-17(24(4,5)6)21-15(20(16)25)13-30-33(32-21)29-12-14-7-8-19(31-14)27-10-9-18(28)26-22(27)34;1-2/h9-11,14,19H,7-8,12-13H2,1-6H3,(H,26,28,34);1-2H3. The molecule has 0 saturated carbocycles. The van der Waals surface area contributed by atoms with E-state index in [9.17, 15) is 4.79 Å². The predicted octanol–water partition coefficient (Wildman–Crippen LogP) is 7.20. The molecular formula is C26H38FN2O5PS. The molecule has 10 heteroatoms. The fraction of sp³-hybridized carbons (Fsp3) is 0.615. The van der Waals surface area contributed by atoms with Crippen molar-refractivity contribution in [1.82, 2.24) is 9.55 Å². The molecule has 0 amide bonds. The first kappa shape index (κ1) is 28.9. The summed E-state index contributed by atoms with van der Waals surface area (Å²) in [4.78, 5) is 14.0. The van der Waals surface area contributed by atoms with E-state index in [1.807, 2.05) is 40.7 Å². The van der Waals surface area contributed by atoms with Crippen molar-refractivity contribution in [2.24, 2.45) is 0 Å². The third kappa shape index (κ3) is 6.43. The summed E-state index contributed by atoms with van der Waals surface area (Å²) in [6.45, 7) is 16.6. The average Bonchev–Trinajstić information content (AvgIpc) is 3.26. The van der Waals surface area contributed by atoms with Gasteiger partial charge in [-0.1, -0.05) is 55.4 Å². The normalized spacial score (nSPS) is 21.9.